The summed E-state index contributed by atoms with van der Waals surface area (Å²) in [5.41, 5.74) is 2.50. The van der Waals surface area contributed by atoms with Gasteiger partial charge < -0.3 is 14.5 Å². The van der Waals surface area contributed by atoms with Crippen molar-refractivity contribution in [2.45, 2.75) is 49.5 Å². The average molecular weight is 527 g/mol. The Kier molecular flexibility index (Phi) is 7.34. The van der Waals surface area contributed by atoms with E-state index in [0.717, 1.165) is 70.2 Å². The molecule has 1 aliphatic carbocycles. The highest BCUT2D eigenvalue weighted by molar-refractivity contribution is 7.89. The number of hydrogen-bond donors (Lipinski definition) is 0. The highest BCUT2D eigenvalue weighted by Crippen LogP contribution is 2.27. The molecule has 1 aromatic heterocycles. The normalized spacial score (nSPS) is 23.8. The number of aryl methyl sites for hydroxylation is 2. The summed E-state index contributed by atoms with van der Waals surface area (Å²) in [6.07, 6.45) is 7.14. The predicted molar refractivity (Wildman–Crippen MR) is 144 cm³/mol. The van der Waals surface area contributed by atoms with Gasteiger partial charge in [-0.3, -0.25) is 4.90 Å². The number of fused-ring (bicyclic) bond motifs is 1. The van der Waals surface area contributed by atoms with Crippen LogP contribution in [0.5, 0.6) is 0 Å². The molecule has 0 spiro atoms. The van der Waals surface area contributed by atoms with E-state index in [4.69, 9.17) is 4.74 Å². The molecule has 0 bridgehead atoms. The SMILES string of the molecule is O=S(=O)(c1ccc2c(c1)CCCC2)N1CCN(c2ccc(N3CCN(CC4CCCO4)CC3)nn2)CC1. The molecule has 3 saturated heterocycles. The van der Waals surface area contributed by atoms with Crippen LogP contribution in [0.15, 0.2) is 35.2 Å². The molecule has 200 valence electrons. The van der Waals surface area contributed by atoms with E-state index in [2.05, 4.69) is 24.9 Å². The number of piperazine rings is 2. The minimum atomic E-state index is -3.48. The van der Waals surface area contributed by atoms with Crippen molar-refractivity contribution >= 4 is 21.7 Å². The first-order valence-corrected chi connectivity index (χ1v) is 15.3. The van der Waals surface area contributed by atoms with Crippen molar-refractivity contribution in [2.24, 2.45) is 0 Å². The summed E-state index contributed by atoms with van der Waals surface area (Å²) in [6.45, 7) is 8.00. The number of sulfonamides is 1. The molecule has 1 aromatic carbocycles. The number of nitrogens with zero attached hydrogens (tertiary/aromatic N) is 6. The molecule has 6 rings (SSSR count). The van der Waals surface area contributed by atoms with Crippen LogP contribution >= 0.6 is 0 Å². The van der Waals surface area contributed by atoms with Gasteiger partial charge in [-0.05, 0) is 73.9 Å². The van der Waals surface area contributed by atoms with E-state index in [9.17, 15) is 8.42 Å². The van der Waals surface area contributed by atoms with Gasteiger partial charge >= 0.3 is 0 Å². The lowest BCUT2D eigenvalue weighted by Crippen LogP contribution is -2.49. The fraction of sp³-hybridized carbons (Fsp3) is 0.630. The van der Waals surface area contributed by atoms with Crippen LogP contribution in [-0.2, 0) is 27.6 Å². The highest BCUT2D eigenvalue weighted by Gasteiger charge is 2.30. The van der Waals surface area contributed by atoms with Gasteiger partial charge in [-0.15, -0.1) is 10.2 Å². The van der Waals surface area contributed by atoms with Gasteiger partial charge in [-0.1, -0.05) is 6.07 Å². The van der Waals surface area contributed by atoms with Crippen LogP contribution in [-0.4, -0.2) is 99.4 Å². The molecular weight excluding hydrogens is 488 g/mol. The molecule has 1 atom stereocenters. The number of rotatable bonds is 6. The average Bonchev–Trinajstić information content (AvgIpc) is 3.46. The van der Waals surface area contributed by atoms with Gasteiger partial charge in [0, 0.05) is 65.5 Å². The summed E-state index contributed by atoms with van der Waals surface area (Å²) in [5.74, 6) is 1.72. The second kappa shape index (κ2) is 10.8. The van der Waals surface area contributed by atoms with Crippen molar-refractivity contribution < 1.29 is 13.2 Å². The quantitative estimate of drug-likeness (QED) is 0.567. The summed E-state index contributed by atoms with van der Waals surface area (Å²) in [6, 6.07) is 9.78. The van der Waals surface area contributed by atoms with E-state index in [-0.39, 0.29) is 0 Å². The van der Waals surface area contributed by atoms with Crippen molar-refractivity contribution in [1.82, 2.24) is 19.4 Å². The Morgan fingerprint density at radius 2 is 1.43 bits per heavy atom. The number of anilines is 2. The van der Waals surface area contributed by atoms with Gasteiger partial charge in [-0.25, -0.2) is 8.42 Å². The Labute approximate surface area is 220 Å². The number of aromatic nitrogens is 2. The van der Waals surface area contributed by atoms with Crippen LogP contribution < -0.4 is 9.80 Å². The molecule has 3 fully saturated rings. The summed E-state index contributed by atoms with van der Waals surface area (Å²) < 4.78 is 34.0. The Bertz CT molecular complexity index is 1170. The maximum Gasteiger partial charge on any atom is 0.243 e. The van der Waals surface area contributed by atoms with Crippen LogP contribution in [0.3, 0.4) is 0 Å². The monoisotopic (exact) mass is 526 g/mol. The molecule has 10 heteroatoms. The summed E-state index contributed by atoms with van der Waals surface area (Å²) >= 11 is 0. The lowest BCUT2D eigenvalue weighted by molar-refractivity contribution is 0.0712. The minimum absolute atomic E-state index is 0.402. The lowest BCUT2D eigenvalue weighted by Gasteiger charge is -2.36. The van der Waals surface area contributed by atoms with Crippen LogP contribution in [0, 0.1) is 0 Å². The van der Waals surface area contributed by atoms with Crippen LogP contribution in [0.1, 0.15) is 36.8 Å². The molecule has 0 amide bonds. The van der Waals surface area contributed by atoms with E-state index in [1.54, 1.807) is 10.4 Å². The number of ether oxygens (including phenoxy) is 1. The molecule has 3 aliphatic heterocycles. The molecule has 0 N–H and O–H groups in total. The standard InChI is InChI=1S/C27H38N6O3S/c34-37(35,25-8-7-22-4-1-2-5-23(22)20-25)33-17-15-32(16-18-33)27-10-9-26(28-29-27)31-13-11-30(12-14-31)21-24-6-3-19-36-24/h7-10,20,24H,1-6,11-19,21H2. The largest absolute Gasteiger partial charge is 0.377 e. The maximum absolute atomic E-state index is 13.3. The van der Waals surface area contributed by atoms with Gasteiger partial charge in [0.1, 0.15) is 0 Å². The zero-order valence-electron chi connectivity index (χ0n) is 21.6. The van der Waals surface area contributed by atoms with E-state index in [1.165, 1.54) is 30.4 Å². The minimum Gasteiger partial charge on any atom is -0.377 e. The van der Waals surface area contributed by atoms with E-state index < -0.39 is 10.0 Å². The molecule has 37 heavy (non-hydrogen) atoms. The lowest BCUT2D eigenvalue weighted by atomic mass is 9.92. The van der Waals surface area contributed by atoms with Gasteiger partial charge in [-0.2, -0.15) is 4.31 Å². The third-order valence-corrected chi connectivity index (χ3v) is 10.2. The molecule has 2 aromatic rings. The van der Waals surface area contributed by atoms with Gasteiger partial charge in [0.05, 0.1) is 11.0 Å². The highest BCUT2D eigenvalue weighted by atomic mass is 32.2. The summed E-state index contributed by atoms with van der Waals surface area (Å²) in [5, 5.41) is 9.03. The first-order valence-electron chi connectivity index (χ1n) is 13.9. The van der Waals surface area contributed by atoms with Gasteiger partial charge in [0.15, 0.2) is 11.6 Å². The Hall–Kier alpha value is -2.27. The topological polar surface area (TPSA) is 82.1 Å². The van der Waals surface area contributed by atoms with Crippen LogP contribution in [0.4, 0.5) is 11.6 Å². The van der Waals surface area contributed by atoms with E-state index >= 15 is 0 Å². The first-order chi connectivity index (χ1) is 18.1. The molecule has 4 heterocycles. The molecule has 0 radical (unpaired) electrons. The number of hydrogen-bond acceptors (Lipinski definition) is 8. The fourth-order valence-electron chi connectivity index (χ4n) is 6.07. The third kappa shape index (κ3) is 5.48. The fourth-order valence-corrected chi connectivity index (χ4v) is 7.54. The van der Waals surface area contributed by atoms with Crippen molar-refractivity contribution in [2.75, 3.05) is 75.3 Å². The first kappa shape index (κ1) is 25.0. The zero-order valence-corrected chi connectivity index (χ0v) is 22.4. The van der Waals surface area contributed by atoms with Crippen molar-refractivity contribution in [1.29, 1.82) is 0 Å². The smallest absolute Gasteiger partial charge is 0.243 e. The Morgan fingerprint density at radius 1 is 0.784 bits per heavy atom. The van der Waals surface area contributed by atoms with Crippen molar-refractivity contribution in [3.8, 4) is 0 Å². The molecule has 1 unspecified atom stereocenters. The molecular formula is C27H38N6O3S. The Balaban J connectivity index is 1.02. The van der Waals surface area contributed by atoms with Crippen molar-refractivity contribution in [3.63, 3.8) is 0 Å². The molecule has 4 aliphatic rings. The van der Waals surface area contributed by atoms with E-state index in [0.29, 0.717) is 37.2 Å². The molecule has 0 saturated carbocycles. The Morgan fingerprint density at radius 3 is 2.05 bits per heavy atom. The van der Waals surface area contributed by atoms with Crippen molar-refractivity contribution in [3.05, 3.63) is 41.5 Å². The van der Waals surface area contributed by atoms with Crippen LogP contribution in [0.25, 0.3) is 0 Å². The van der Waals surface area contributed by atoms with Gasteiger partial charge in [0.2, 0.25) is 10.0 Å². The maximum atomic E-state index is 13.3. The summed E-state index contributed by atoms with van der Waals surface area (Å²) in [7, 11) is -3.48. The number of benzene rings is 1. The van der Waals surface area contributed by atoms with Crippen LogP contribution in [0.2, 0.25) is 0 Å². The third-order valence-electron chi connectivity index (χ3n) is 8.34. The zero-order chi connectivity index (χ0) is 25.2. The second-order valence-electron chi connectivity index (χ2n) is 10.7. The predicted octanol–water partition coefficient (Wildman–Crippen LogP) is 2.17. The van der Waals surface area contributed by atoms with Gasteiger partial charge in [0.25, 0.3) is 0 Å². The summed E-state index contributed by atoms with van der Waals surface area (Å²) in [4.78, 5) is 7.36. The second-order valence-corrected chi connectivity index (χ2v) is 12.6. The molecule has 9 nitrogen and oxygen atoms in total. The van der Waals surface area contributed by atoms with E-state index in [1.807, 2.05) is 24.3 Å².